The standard InChI is InChI=1S/C12H11ClO4S2/c1-17-12(14)6-18-5-8-7-19(15,16)11-3-2-9(13)4-10(8)11/h2-4,7H,5-6H2,1H3. The van der Waals surface area contributed by atoms with Crippen LogP contribution in [0, 0.1) is 0 Å². The summed E-state index contributed by atoms with van der Waals surface area (Å²) < 4.78 is 28.3. The van der Waals surface area contributed by atoms with Crippen molar-refractivity contribution in [3.05, 3.63) is 34.2 Å². The van der Waals surface area contributed by atoms with Crippen LogP contribution in [0.2, 0.25) is 5.02 Å². The Morgan fingerprint density at radius 3 is 2.84 bits per heavy atom. The minimum atomic E-state index is -3.38. The number of halogens is 1. The molecular weight excluding hydrogens is 308 g/mol. The van der Waals surface area contributed by atoms with E-state index in [2.05, 4.69) is 4.74 Å². The topological polar surface area (TPSA) is 60.4 Å². The van der Waals surface area contributed by atoms with E-state index in [0.717, 1.165) is 0 Å². The monoisotopic (exact) mass is 318 g/mol. The molecule has 0 atom stereocenters. The predicted molar refractivity (Wildman–Crippen MR) is 76.0 cm³/mol. The number of benzene rings is 1. The summed E-state index contributed by atoms with van der Waals surface area (Å²) in [6.07, 6.45) is 0. The summed E-state index contributed by atoms with van der Waals surface area (Å²) in [6, 6.07) is 4.68. The van der Waals surface area contributed by atoms with Gasteiger partial charge in [-0.2, -0.15) is 0 Å². The number of hydrogen-bond donors (Lipinski definition) is 0. The van der Waals surface area contributed by atoms with Crippen molar-refractivity contribution in [2.45, 2.75) is 4.90 Å². The Labute approximate surface area is 120 Å². The second kappa shape index (κ2) is 5.56. The number of carbonyl (C=O) groups excluding carboxylic acids is 1. The molecule has 0 unspecified atom stereocenters. The van der Waals surface area contributed by atoms with Crippen LogP contribution in [0.3, 0.4) is 0 Å². The second-order valence-electron chi connectivity index (χ2n) is 3.90. The molecule has 1 heterocycles. The third-order valence-corrected chi connectivity index (χ3v) is 5.35. The summed E-state index contributed by atoms with van der Waals surface area (Å²) in [5, 5.41) is 1.72. The van der Waals surface area contributed by atoms with Crippen LogP contribution in [0.25, 0.3) is 5.57 Å². The van der Waals surface area contributed by atoms with E-state index in [0.29, 0.717) is 21.9 Å². The maximum absolute atomic E-state index is 11.9. The van der Waals surface area contributed by atoms with Gasteiger partial charge in [0.05, 0.1) is 17.8 Å². The van der Waals surface area contributed by atoms with Gasteiger partial charge in [-0.15, -0.1) is 11.8 Å². The summed E-state index contributed by atoms with van der Waals surface area (Å²) in [6.45, 7) is 0. The van der Waals surface area contributed by atoms with Crippen molar-refractivity contribution in [1.29, 1.82) is 0 Å². The zero-order valence-electron chi connectivity index (χ0n) is 10.1. The lowest BCUT2D eigenvalue weighted by molar-refractivity contribution is -0.137. The van der Waals surface area contributed by atoms with Gasteiger partial charge < -0.3 is 4.74 Å². The Hall–Kier alpha value is -0.980. The first-order valence-corrected chi connectivity index (χ1v) is 8.42. The van der Waals surface area contributed by atoms with E-state index >= 15 is 0 Å². The third kappa shape index (κ3) is 3.13. The zero-order chi connectivity index (χ0) is 14.0. The highest BCUT2D eigenvalue weighted by atomic mass is 35.5. The highest BCUT2D eigenvalue weighted by molar-refractivity contribution is 8.00. The number of methoxy groups -OCH3 is 1. The van der Waals surface area contributed by atoms with Crippen LogP contribution in [0.15, 0.2) is 28.5 Å². The number of sulfone groups is 1. The summed E-state index contributed by atoms with van der Waals surface area (Å²) >= 11 is 7.19. The first kappa shape index (κ1) is 14.4. The maximum atomic E-state index is 11.9. The molecule has 102 valence electrons. The quantitative estimate of drug-likeness (QED) is 0.798. The Balaban J connectivity index is 2.20. The molecule has 7 heteroatoms. The number of carbonyl (C=O) groups is 1. The smallest absolute Gasteiger partial charge is 0.315 e. The molecule has 1 aliphatic heterocycles. The van der Waals surface area contributed by atoms with Gasteiger partial charge in [-0.25, -0.2) is 8.42 Å². The lowest BCUT2D eigenvalue weighted by Crippen LogP contribution is -2.03. The van der Waals surface area contributed by atoms with Crippen molar-refractivity contribution in [2.24, 2.45) is 0 Å². The van der Waals surface area contributed by atoms with Gasteiger partial charge in [0, 0.05) is 16.2 Å². The molecule has 0 fully saturated rings. The van der Waals surface area contributed by atoms with Crippen LogP contribution in [0.5, 0.6) is 0 Å². The number of thioether (sulfide) groups is 1. The van der Waals surface area contributed by atoms with Gasteiger partial charge in [0.1, 0.15) is 0 Å². The zero-order valence-corrected chi connectivity index (χ0v) is 12.4. The van der Waals surface area contributed by atoms with Gasteiger partial charge in [-0.1, -0.05) is 11.6 Å². The summed E-state index contributed by atoms with van der Waals surface area (Å²) in [5.41, 5.74) is 1.27. The largest absolute Gasteiger partial charge is 0.468 e. The first-order chi connectivity index (χ1) is 8.94. The van der Waals surface area contributed by atoms with Crippen molar-refractivity contribution < 1.29 is 17.9 Å². The lowest BCUT2D eigenvalue weighted by Gasteiger charge is -2.04. The molecule has 0 aromatic heterocycles. The van der Waals surface area contributed by atoms with Gasteiger partial charge in [0.25, 0.3) is 0 Å². The predicted octanol–water partition coefficient (Wildman–Crippen LogP) is 2.37. The molecule has 19 heavy (non-hydrogen) atoms. The van der Waals surface area contributed by atoms with E-state index < -0.39 is 9.84 Å². The fourth-order valence-corrected chi connectivity index (χ4v) is 4.32. The molecule has 0 saturated carbocycles. The van der Waals surface area contributed by atoms with Crippen LogP contribution in [0.4, 0.5) is 0 Å². The molecule has 0 radical (unpaired) electrons. The number of hydrogen-bond acceptors (Lipinski definition) is 5. The fourth-order valence-electron chi connectivity index (χ4n) is 1.73. The molecule has 4 nitrogen and oxygen atoms in total. The maximum Gasteiger partial charge on any atom is 0.315 e. The van der Waals surface area contributed by atoms with Crippen LogP contribution in [0.1, 0.15) is 5.56 Å². The molecule has 0 bridgehead atoms. The molecule has 1 aliphatic rings. The minimum absolute atomic E-state index is 0.184. The summed E-state index contributed by atoms with van der Waals surface area (Å²) in [4.78, 5) is 11.3. The van der Waals surface area contributed by atoms with Crippen molar-refractivity contribution in [3.8, 4) is 0 Å². The van der Waals surface area contributed by atoms with Crippen LogP contribution in [-0.2, 0) is 19.4 Å². The van der Waals surface area contributed by atoms with E-state index in [1.54, 1.807) is 12.1 Å². The van der Waals surface area contributed by atoms with E-state index in [-0.39, 0.29) is 16.6 Å². The van der Waals surface area contributed by atoms with Gasteiger partial charge in [-0.05, 0) is 29.3 Å². The fraction of sp³-hybridized carbons (Fsp3) is 0.250. The SMILES string of the molecule is COC(=O)CSCC1=CS(=O)(=O)c2ccc(Cl)cc21. The Morgan fingerprint density at radius 2 is 2.16 bits per heavy atom. The van der Waals surface area contributed by atoms with Gasteiger partial charge in [0.2, 0.25) is 9.84 Å². The van der Waals surface area contributed by atoms with Crippen LogP contribution in [-0.4, -0.2) is 33.0 Å². The molecule has 0 N–H and O–H groups in total. The van der Waals surface area contributed by atoms with Crippen molar-refractivity contribution in [3.63, 3.8) is 0 Å². The molecule has 0 aliphatic carbocycles. The first-order valence-electron chi connectivity index (χ1n) is 5.34. The molecule has 0 spiro atoms. The van der Waals surface area contributed by atoms with Crippen molar-refractivity contribution in [1.82, 2.24) is 0 Å². The number of fused-ring (bicyclic) bond motifs is 1. The molecule has 1 aromatic carbocycles. The third-order valence-electron chi connectivity index (χ3n) is 2.60. The van der Waals surface area contributed by atoms with E-state index in [9.17, 15) is 13.2 Å². The highest BCUT2D eigenvalue weighted by Crippen LogP contribution is 2.36. The van der Waals surface area contributed by atoms with Crippen LogP contribution < -0.4 is 0 Å². The molecule has 2 rings (SSSR count). The lowest BCUT2D eigenvalue weighted by atomic mass is 10.1. The van der Waals surface area contributed by atoms with E-state index in [1.807, 2.05) is 0 Å². The second-order valence-corrected chi connectivity index (χ2v) is 7.09. The molecule has 1 aromatic rings. The van der Waals surface area contributed by atoms with Gasteiger partial charge in [0.15, 0.2) is 0 Å². The number of ether oxygens (including phenoxy) is 1. The van der Waals surface area contributed by atoms with Crippen molar-refractivity contribution >= 4 is 44.7 Å². The molecule has 0 amide bonds. The molecule has 0 saturated heterocycles. The normalized spacial score (nSPS) is 15.8. The number of rotatable bonds is 4. The minimum Gasteiger partial charge on any atom is -0.468 e. The summed E-state index contributed by atoms with van der Waals surface area (Å²) in [7, 11) is -2.06. The average Bonchev–Trinajstić information content (AvgIpc) is 2.60. The molecular formula is C12H11ClO4S2. The van der Waals surface area contributed by atoms with Gasteiger partial charge in [-0.3, -0.25) is 4.79 Å². The highest BCUT2D eigenvalue weighted by Gasteiger charge is 2.26. The van der Waals surface area contributed by atoms with E-state index in [1.165, 1.54) is 30.3 Å². The van der Waals surface area contributed by atoms with Crippen molar-refractivity contribution in [2.75, 3.05) is 18.6 Å². The average molecular weight is 319 g/mol. The van der Waals surface area contributed by atoms with Crippen LogP contribution >= 0.6 is 23.4 Å². The Bertz CT molecular complexity index is 650. The van der Waals surface area contributed by atoms with E-state index in [4.69, 9.17) is 11.6 Å². The van der Waals surface area contributed by atoms with Gasteiger partial charge >= 0.3 is 5.97 Å². The summed E-state index contributed by atoms with van der Waals surface area (Å²) in [5.74, 6) is 0.267. The number of esters is 1. The Kier molecular flexibility index (Phi) is 4.23. The Morgan fingerprint density at radius 1 is 1.42 bits per heavy atom.